The van der Waals surface area contributed by atoms with E-state index in [0.29, 0.717) is 11.6 Å². The summed E-state index contributed by atoms with van der Waals surface area (Å²) in [7, 11) is 0. The molecule has 1 heterocycles. The summed E-state index contributed by atoms with van der Waals surface area (Å²) in [5.74, 6) is 0.414. The number of hydrogen-bond donors (Lipinski definition) is 1. The summed E-state index contributed by atoms with van der Waals surface area (Å²) >= 11 is 0. The summed E-state index contributed by atoms with van der Waals surface area (Å²) in [6, 6.07) is 29.3. The third-order valence-electron chi connectivity index (χ3n) is 4.49. The van der Waals surface area contributed by atoms with Crippen LogP contribution in [0.1, 0.15) is 22.9 Å². The summed E-state index contributed by atoms with van der Waals surface area (Å²) in [6.07, 6.45) is 1.70. The van der Waals surface area contributed by atoms with E-state index in [-0.39, 0.29) is 18.4 Å². The molecule has 0 atom stereocenters. The van der Waals surface area contributed by atoms with Crippen LogP contribution in [-0.4, -0.2) is 10.9 Å². The van der Waals surface area contributed by atoms with Crippen molar-refractivity contribution in [2.45, 2.75) is 12.5 Å². The molecule has 0 aliphatic heterocycles. The van der Waals surface area contributed by atoms with Gasteiger partial charge in [0, 0.05) is 5.56 Å². The van der Waals surface area contributed by atoms with Gasteiger partial charge in [-0.1, -0.05) is 78.9 Å². The summed E-state index contributed by atoms with van der Waals surface area (Å²) in [6.45, 7) is 0. The maximum Gasteiger partial charge on any atom is 0.226 e. The lowest BCUT2D eigenvalue weighted by Gasteiger charge is -2.19. The molecule has 0 aliphatic carbocycles. The molecule has 0 saturated carbocycles. The number of aromatic nitrogens is 1. The number of amides is 1. The first-order chi connectivity index (χ1) is 13.8. The molecule has 1 N–H and O–H groups in total. The van der Waals surface area contributed by atoms with Crippen LogP contribution in [0.2, 0.25) is 0 Å². The molecule has 4 nitrogen and oxygen atoms in total. The van der Waals surface area contributed by atoms with Crippen LogP contribution in [-0.2, 0) is 11.2 Å². The molecule has 3 aromatic carbocycles. The Morgan fingerprint density at radius 1 is 0.821 bits per heavy atom. The quantitative estimate of drug-likeness (QED) is 0.532. The fraction of sp³-hybridized carbons (Fsp3) is 0.0833. The number of rotatable bonds is 6. The largest absolute Gasteiger partial charge is 0.444 e. The predicted molar refractivity (Wildman–Crippen MR) is 109 cm³/mol. The number of nitrogens with zero attached hydrogens (tertiary/aromatic N) is 1. The van der Waals surface area contributed by atoms with Gasteiger partial charge in [-0.3, -0.25) is 4.79 Å². The highest BCUT2D eigenvalue weighted by atomic mass is 16.3. The van der Waals surface area contributed by atoms with Crippen LogP contribution in [0.15, 0.2) is 102 Å². The van der Waals surface area contributed by atoms with Crippen LogP contribution < -0.4 is 5.32 Å². The first kappa shape index (κ1) is 17.7. The van der Waals surface area contributed by atoms with E-state index in [1.807, 2.05) is 91.0 Å². The summed E-state index contributed by atoms with van der Waals surface area (Å²) in [5, 5.41) is 3.13. The van der Waals surface area contributed by atoms with Gasteiger partial charge in [-0.15, -0.1) is 0 Å². The van der Waals surface area contributed by atoms with Crippen molar-refractivity contribution in [1.29, 1.82) is 0 Å². The summed E-state index contributed by atoms with van der Waals surface area (Å²) in [5.41, 5.74) is 3.57. The third-order valence-corrected chi connectivity index (χ3v) is 4.49. The fourth-order valence-electron chi connectivity index (χ4n) is 3.13. The zero-order valence-electron chi connectivity index (χ0n) is 15.3. The normalized spacial score (nSPS) is 10.8. The highest BCUT2D eigenvalue weighted by Gasteiger charge is 2.18. The standard InChI is InChI=1S/C24H20N2O2/c27-22(16-21-17-28-24(25-21)20-14-8-3-9-15-20)26-23(18-10-4-1-5-11-18)19-12-6-2-7-13-19/h1-15,17,23H,16H2,(H,26,27). The van der Waals surface area contributed by atoms with Gasteiger partial charge < -0.3 is 9.73 Å². The molecule has 4 heteroatoms. The van der Waals surface area contributed by atoms with E-state index in [9.17, 15) is 4.79 Å². The summed E-state index contributed by atoms with van der Waals surface area (Å²) in [4.78, 5) is 17.2. The van der Waals surface area contributed by atoms with E-state index in [2.05, 4.69) is 10.3 Å². The van der Waals surface area contributed by atoms with Gasteiger partial charge >= 0.3 is 0 Å². The number of carbonyl (C=O) groups is 1. The maximum atomic E-state index is 12.7. The predicted octanol–water partition coefficient (Wildman–Crippen LogP) is 4.79. The van der Waals surface area contributed by atoms with Crippen LogP contribution >= 0.6 is 0 Å². The highest BCUT2D eigenvalue weighted by Crippen LogP contribution is 2.22. The van der Waals surface area contributed by atoms with Crippen LogP contribution in [0.5, 0.6) is 0 Å². The molecule has 4 rings (SSSR count). The van der Waals surface area contributed by atoms with Crippen LogP contribution in [0.3, 0.4) is 0 Å². The van der Waals surface area contributed by atoms with E-state index in [1.165, 1.54) is 0 Å². The minimum Gasteiger partial charge on any atom is -0.444 e. The topological polar surface area (TPSA) is 55.1 Å². The van der Waals surface area contributed by atoms with Gasteiger partial charge in [0.15, 0.2) is 0 Å². The molecule has 4 aromatic rings. The second-order valence-electron chi connectivity index (χ2n) is 6.51. The van der Waals surface area contributed by atoms with Gasteiger partial charge in [0.25, 0.3) is 0 Å². The fourth-order valence-corrected chi connectivity index (χ4v) is 3.13. The number of carbonyl (C=O) groups excluding carboxylic acids is 1. The molecule has 28 heavy (non-hydrogen) atoms. The highest BCUT2D eigenvalue weighted by molar-refractivity contribution is 5.79. The Labute approximate surface area is 163 Å². The lowest BCUT2D eigenvalue weighted by Crippen LogP contribution is -2.30. The van der Waals surface area contributed by atoms with E-state index in [0.717, 1.165) is 16.7 Å². The Morgan fingerprint density at radius 3 is 1.93 bits per heavy atom. The number of oxazole rings is 1. The molecule has 1 aromatic heterocycles. The van der Waals surface area contributed by atoms with Crippen LogP contribution in [0.4, 0.5) is 0 Å². The average molecular weight is 368 g/mol. The van der Waals surface area contributed by atoms with Gasteiger partial charge in [-0.05, 0) is 23.3 Å². The van der Waals surface area contributed by atoms with Crippen molar-refractivity contribution in [3.63, 3.8) is 0 Å². The van der Waals surface area contributed by atoms with Gasteiger partial charge in [0.1, 0.15) is 6.26 Å². The lowest BCUT2D eigenvalue weighted by atomic mass is 9.98. The van der Waals surface area contributed by atoms with Crippen LogP contribution in [0.25, 0.3) is 11.5 Å². The average Bonchev–Trinajstić information content (AvgIpc) is 3.22. The molecule has 138 valence electrons. The minimum absolute atomic E-state index is 0.106. The Bertz CT molecular complexity index is 988. The first-order valence-electron chi connectivity index (χ1n) is 9.19. The van der Waals surface area contributed by atoms with Crippen molar-refractivity contribution in [2.75, 3.05) is 0 Å². The van der Waals surface area contributed by atoms with E-state index in [1.54, 1.807) is 6.26 Å². The Kier molecular flexibility index (Phi) is 5.29. The summed E-state index contributed by atoms with van der Waals surface area (Å²) < 4.78 is 5.53. The lowest BCUT2D eigenvalue weighted by molar-refractivity contribution is -0.121. The number of hydrogen-bond acceptors (Lipinski definition) is 3. The second kappa shape index (κ2) is 8.35. The van der Waals surface area contributed by atoms with Crippen molar-refractivity contribution < 1.29 is 9.21 Å². The van der Waals surface area contributed by atoms with Gasteiger partial charge in [-0.2, -0.15) is 0 Å². The van der Waals surface area contributed by atoms with Crippen molar-refractivity contribution in [3.05, 3.63) is 114 Å². The van der Waals surface area contributed by atoms with Gasteiger partial charge in [0.05, 0.1) is 18.2 Å². The molecule has 0 spiro atoms. The molecule has 1 amide bonds. The maximum absolute atomic E-state index is 12.7. The molecule has 0 bridgehead atoms. The van der Waals surface area contributed by atoms with Crippen molar-refractivity contribution >= 4 is 5.91 Å². The molecule has 0 fully saturated rings. The van der Waals surface area contributed by atoms with E-state index < -0.39 is 0 Å². The molecule has 0 aliphatic rings. The van der Waals surface area contributed by atoms with Gasteiger partial charge in [0.2, 0.25) is 11.8 Å². The zero-order valence-corrected chi connectivity index (χ0v) is 15.3. The second-order valence-corrected chi connectivity index (χ2v) is 6.51. The third kappa shape index (κ3) is 4.18. The van der Waals surface area contributed by atoms with Gasteiger partial charge in [-0.25, -0.2) is 4.98 Å². The van der Waals surface area contributed by atoms with E-state index in [4.69, 9.17) is 4.42 Å². The molecule has 0 saturated heterocycles. The number of nitrogens with one attached hydrogen (secondary N) is 1. The number of benzene rings is 3. The van der Waals surface area contributed by atoms with E-state index >= 15 is 0 Å². The molecule has 0 radical (unpaired) electrons. The monoisotopic (exact) mass is 368 g/mol. The molecular weight excluding hydrogens is 348 g/mol. The Hall–Kier alpha value is -3.66. The molecule has 0 unspecified atom stereocenters. The van der Waals surface area contributed by atoms with Crippen molar-refractivity contribution in [1.82, 2.24) is 10.3 Å². The Balaban J connectivity index is 1.50. The van der Waals surface area contributed by atoms with Crippen molar-refractivity contribution in [2.24, 2.45) is 0 Å². The molecular formula is C24H20N2O2. The SMILES string of the molecule is O=C(Cc1coc(-c2ccccc2)n1)NC(c1ccccc1)c1ccccc1. The minimum atomic E-state index is -0.213. The Morgan fingerprint density at radius 2 is 1.36 bits per heavy atom. The first-order valence-corrected chi connectivity index (χ1v) is 9.19. The smallest absolute Gasteiger partial charge is 0.226 e. The van der Waals surface area contributed by atoms with Crippen molar-refractivity contribution in [3.8, 4) is 11.5 Å². The zero-order chi connectivity index (χ0) is 19.2. The van der Waals surface area contributed by atoms with Crippen LogP contribution in [0, 0.1) is 0 Å².